The Bertz CT molecular complexity index is 775. The van der Waals surface area contributed by atoms with Crippen LogP contribution in [0.3, 0.4) is 0 Å². The van der Waals surface area contributed by atoms with Gasteiger partial charge in [-0.25, -0.2) is 9.59 Å². The lowest BCUT2D eigenvalue weighted by atomic mass is 10.1. The topological polar surface area (TPSA) is 167 Å². The van der Waals surface area contributed by atoms with Crippen molar-refractivity contribution in [3.8, 4) is 0 Å². The summed E-state index contributed by atoms with van der Waals surface area (Å²) in [6, 6.07) is 6.31. The summed E-state index contributed by atoms with van der Waals surface area (Å²) in [5.41, 5.74) is 5.26. The number of rotatable bonds is 7. The van der Waals surface area contributed by atoms with Gasteiger partial charge in [0.1, 0.15) is 6.04 Å². The quantitative estimate of drug-likeness (QED) is 0.352. The third kappa shape index (κ3) is 8.91. The average molecular weight is 453 g/mol. The van der Waals surface area contributed by atoms with Gasteiger partial charge in [-0.15, -0.1) is 0 Å². The zero-order valence-electron chi connectivity index (χ0n) is 15.1. The summed E-state index contributed by atoms with van der Waals surface area (Å²) in [6.45, 7) is -0.860. The Morgan fingerprint density at radius 2 is 1.60 bits per heavy atom. The number of carbonyl (C=O) groups is 5. The number of halogens is 3. The summed E-state index contributed by atoms with van der Waals surface area (Å²) in [5.74, 6) is -6.62. The molecule has 0 saturated carbocycles. The number of thiol groups is 1. The number of carboxylic acids is 2. The molecule has 1 atom stereocenters. The van der Waals surface area contributed by atoms with Crippen LogP contribution in [0, 0.1) is 0 Å². The van der Waals surface area contributed by atoms with Crippen LogP contribution < -0.4 is 11.1 Å². The molecule has 0 spiro atoms. The number of hydrogen-bond acceptors (Lipinski definition) is 7. The molecule has 10 nitrogen and oxygen atoms in total. The number of nitrogens with zero attached hydrogens (tertiary/aromatic N) is 1. The number of aliphatic carboxylic acids is 2. The van der Waals surface area contributed by atoms with E-state index in [-0.39, 0.29) is 17.9 Å². The second-order valence-corrected chi connectivity index (χ2v) is 5.62. The largest absolute Gasteiger partial charge is 0.490 e. The SMILES string of the molecule is NCC(=O)NCC(=O)N(C(=O)c1ccccc1)[C@@H](CS)C(=O)O.O=C(O)C(F)(F)F. The van der Waals surface area contributed by atoms with Crippen LogP contribution in [-0.4, -0.2) is 75.8 Å². The summed E-state index contributed by atoms with van der Waals surface area (Å²) < 4.78 is 31.7. The highest BCUT2D eigenvalue weighted by molar-refractivity contribution is 7.80. The van der Waals surface area contributed by atoms with Crippen LogP contribution in [0.4, 0.5) is 13.2 Å². The molecule has 1 aromatic rings. The molecule has 1 aromatic carbocycles. The van der Waals surface area contributed by atoms with E-state index in [0.29, 0.717) is 4.90 Å². The minimum Gasteiger partial charge on any atom is -0.480 e. The summed E-state index contributed by atoms with van der Waals surface area (Å²) in [7, 11) is 0. The van der Waals surface area contributed by atoms with Crippen LogP contribution in [0.1, 0.15) is 10.4 Å². The van der Waals surface area contributed by atoms with Crippen molar-refractivity contribution in [2.75, 3.05) is 18.8 Å². The zero-order chi connectivity index (χ0) is 23.5. The van der Waals surface area contributed by atoms with E-state index in [1.807, 2.05) is 0 Å². The van der Waals surface area contributed by atoms with E-state index in [2.05, 4.69) is 17.9 Å². The van der Waals surface area contributed by atoms with Gasteiger partial charge in [-0.3, -0.25) is 19.3 Å². The number of alkyl halides is 3. The molecule has 0 radical (unpaired) electrons. The minimum atomic E-state index is -5.08. The number of nitrogens with one attached hydrogen (secondary N) is 1. The molecule has 0 bridgehead atoms. The number of imide groups is 1. The molecule has 5 N–H and O–H groups in total. The van der Waals surface area contributed by atoms with Crippen molar-refractivity contribution in [3.63, 3.8) is 0 Å². The number of nitrogens with two attached hydrogens (primary N) is 1. The molecule has 1 rings (SSSR count). The lowest BCUT2D eigenvalue weighted by molar-refractivity contribution is -0.192. The van der Waals surface area contributed by atoms with Crippen molar-refractivity contribution in [1.29, 1.82) is 0 Å². The first-order valence-electron chi connectivity index (χ1n) is 7.88. The van der Waals surface area contributed by atoms with Crippen molar-refractivity contribution >= 4 is 42.3 Å². The first kappa shape index (κ1) is 26.9. The van der Waals surface area contributed by atoms with Crippen molar-refractivity contribution in [1.82, 2.24) is 10.2 Å². The number of hydrogen-bond donors (Lipinski definition) is 5. The molecule has 166 valence electrons. The normalized spacial score (nSPS) is 11.4. The maximum atomic E-state index is 12.5. The highest BCUT2D eigenvalue weighted by Gasteiger charge is 2.38. The maximum Gasteiger partial charge on any atom is 0.490 e. The van der Waals surface area contributed by atoms with E-state index < -0.39 is 48.4 Å². The van der Waals surface area contributed by atoms with E-state index in [1.54, 1.807) is 18.2 Å². The third-order valence-electron chi connectivity index (χ3n) is 3.14. The molecule has 0 aromatic heterocycles. The molecule has 0 saturated heterocycles. The van der Waals surface area contributed by atoms with Crippen molar-refractivity contribution in [3.05, 3.63) is 35.9 Å². The smallest absolute Gasteiger partial charge is 0.480 e. The summed E-state index contributed by atoms with van der Waals surface area (Å²) in [6.07, 6.45) is -5.08. The van der Waals surface area contributed by atoms with Gasteiger partial charge in [-0.1, -0.05) is 18.2 Å². The molecule has 0 aliphatic heterocycles. The molecular weight excluding hydrogens is 435 g/mol. The summed E-state index contributed by atoms with van der Waals surface area (Å²) in [5, 5.41) is 18.5. The highest BCUT2D eigenvalue weighted by atomic mass is 32.1. The minimum absolute atomic E-state index is 0.152. The number of amides is 3. The molecule has 0 unspecified atom stereocenters. The Morgan fingerprint density at radius 1 is 1.10 bits per heavy atom. The summed E-state index contributed by atoms with van der Waals surface area (Å²) >= 11 is 3.89. The first-order chi connectivity index (χ1) is 13.9. The van der Waals surface area contributed by atoms with Gasteiger partial charge in [0, 0.05) is 11.3 Å². The van der Waals surface area contributed by atoms with Gasteiger partial charge < -0.3 is 21.3 Å². The molecule has 30 heavy (non-hydrogen) atoms. The second-order valence-electron chi connectivity index (χ2n) is 5.26. The predicted molar refractivity (Wildman–Crippen MR) is 98.7 cm³/mol. The van der Waals surface area contributed by atoms with Crippen molar-refractivity contribution in [2.24, 2.45) is 5.73 Å². The van der Waals surface area contributed by atoms with E-state index in [0.717, 1.165) is 0 Å². The van der Waals surface area contributed by atoms with Crippen LogP contribution in [0.25, 0.3) is 0 Å². The molecule has 0 heterocycles. The molecule has 14 heteroatoms. The lowest BCUT2D eigenvalue weighted by Crippen LogP contribution is -2.53. The van der Waals surface area contributed by atoms with E-state index in [1.165, 1.54) is 12.1 Å². The maximum absolute atomic E-state index is 12.5. The fourth-order valence-corrected chi connectivity index (χ4v) is 2.07. The Balaban J connectivity index is 0.00000103. The van der Waals surface area contributed by atoms with E-state index in [4.69, 9.17) is 15.6 Å². The van der Waals surface area contributed by atoms with Crippen LogP contribution >= 0.6 is 12.6 Å². The van der Waals surface area contributed by atoms with Crippen LogP contribution in [0.2, 0.25) is 0 Å². The number of carboxylic acid groups (broad SMARTS) is 2. The average Bonchev–Trinajstić information content (AvgIpc) is 2.69. The molecule has 0 aliphatic carbocycles. The van der Waals surface area contributed by atoms with Crippen molar-refractivity contribution in [2.45, 2.75) is 12.2 Å². The highest BCUT2D eigenvalue weighted by Crippen LogP contribution is 2.13. The van der Waals surface area contributed by atoms with Gasteiger partial charge in [-0.05, 0) is 12.1 Å². The van der Waals surface area contributed by atoms with Gasteiger partial charge in [0.15, 0.2) is 0 Å². The van der Waals surface area contributed by atoms with E-state index >= 15 is 0 Å². The Morgan fingerprint density at radius 3 is 1.97 bits per heavy atom. The molecular formula is C16H18F3N3O7S. The van der Waals surface area contributed by atoms with Gasteiger partial charge >= 0.3 is 18.1 Å². The zero-order valence-corrected chi connectivity index (χ0v) is 16.0. The summed E-state index contributed by atoms with van der Waals surface area (Å²) in [4.78, 5) is 56.6. The lowest BCUT2D eigenvalue weighted by Gasteiger charge is -2.26. The Labute approximate surface area is 173 Å². The molecule has 0 aliphatic rings. The predicted octanol–water partition coefficient (Wildman–Crippen LogP) is -0.253. The Hall–Kier alpha value is -3.13. The van der Waals surface area contributed by atoms with E-state index in [9.17, 15) is 37.5 Å². The fourth-order valence-electron chi connectivity index (χ4n) is 1.75. The standard InChI is InChI=1S/C14H17N3O5S.C2HF3O2/c15-6-11(18)16-7-12(19)17(10(8-23)14(21)22)13(20)9-4-2-1-3-5-9;3-2(4,5)1(6)7/h1-5,10,23H,6-8,15H2,(H,16,18)(H,21,22);(H,6,7)/t10-;/m0./s1. The van der Waals surface area contributed by atoms with Crippen LogP contribution in [0.15, 0.2) is 30.3 Å². The van der Waals surface area contributed by atoms with Gasteiger partial charge in [0.05, 0.1) is 13.1 Å². The Kier molecular flexibility index (Phi) is 11.1. The van der Waals surface area contributed by atoms with Gasteiger partial charge in [0.2, 0.25) is 11.8 Å². The number of carbonyl (C=O) groups excluding carboxylic acids is 3. The van der Waals surface area contributed by atoms with Crippen LogP contribution in [0.5, 0.6) is 0 Å². The monoisotopic (exact) mass is 453 g/mol. The number of benzene rings is 1. The molecule has 0 fully saturated rings. The van der Waals surface area contributed by atoms with Crippen LogP contribution in [-0.2, 0) is 19.2 Å². The molecule has 3 amide bonds. The second kappa shape index (κ2) is 12.4. The van der Waals surface area contributed by atoms with Gasteiger partial charge in [-0.2, -0.15) is 25.8 Å². The fraction of sp³-hybridized carbons (Fsp3) is 0.312. The van der Waals surface area contributed by atoms with Crippen molar-refractivity contribution < 1.29 is 47.4 Å². The van der Waals surface area contributed by atoms with Gasteiger partial charge in [0.25, 0.3) is 5.91 Å². The third-order valence-corrected chi connectivity index (χ3v) is 3.49. The first-order valence-corrected chi connectivity index (χ1v) is 8.52.